The molecule has 0 saturated heterocycles. The number of nitrogens with zero attached hydrogens (tertiary/aromatic N) is 1. The number of aliphatic hydroxyl groups excluding tert-OH is 1. The van der Waals surface area contributed by atoms with Gasteiger partial charge in [-0.25, -0.2) is 9.78 Å². The van der Waals surface area contributed by atoms with Crippen LogP contribution in [0, 0.1) is 0 Å². The van der Waals surface area contributed by atoms with E-state index in [1.54, 1.807) is 0 Å². The zero-order chi connectivity index (χ0) is 29.1. The van der Waals surface area contributed by atoms with Crippen LogP contribution >= 0.6 is 0 Å². The van der Waals surface area contributed by atoms with Gasteiger partial charge in [0, 0.05) is 31.2 Å². The molecule has 0 radical (unpaired) electrons. The van der Waals surface area contributed by atoms with Crippen molar-refractivity contribution in [2.24, 2.45) is 5.73 Å². The quantitative estimate of drug-likeness (QED) is 0.118. The number of carbonyl (C=O) groups excluding carboxylic acids is 3. The Morgan fingerprint density at radius 1 is 0.923 bits per heavy atom. The van der Waals surface area contributed by atoms with Crippen LogP contribution < -0.4 is 21.7 Å². The molecular weight excluding hydrogens is 516 g/mol. The third kappa shape index (κ3) is 10.1. The second kappa shape index (κ2) is 14.4. The van der Waals surface area contributed by atoms with Gasteiger partial charge in [-0.3, -0.25) is 19.2 Å². The van der Waals surface area contributed by atoms with Crippen molar-refractivity contribution in [3.05, 3.63) is 48.0 Å². The minimum Gasteiger partial charge on any atom is -0.508 e. The lowest BCUT2D eigenvalue weighted by molar-refractivity contribution is -0.143. The molecule has 2 aromatic rings. The third-order valence-corrected chi connectivity index (χ3v) is 5.70. The standard InChI is InChI=1S/C24H32N6O9/c1-12(31)20(25)23(37)29-17(8-13-2-4-15(32)5-3-13)22(36)28-16(6-7-19(33)34)21(35)30-18(24(38)39)9-14-10-26-11-27-14/h2-5,10-12,16-18,20,31-32H,6-9,25H2,1H3,(H,26,27)(H,28,36)(H,29,37)(H,30,35)(H,33,34)(H,38,39). The van der Waals surface area contributed by atoms with Gasteiger partial charge in [0.1, 0.15) is 29.9 Å². The molecule has 212 valence electrons. The Bertz CT molecular complexity index is 1140. The summed E-state index contributed by atoms with van der Waals surface area (Å²) in [4.78, 5) is 68.1. The second-order valence-electron chi connectivity index (χ2n) is 8.87. The number of rotatable bonds is 15. The van der Waals surface area contributed by atoms with Crippen molar-refractivity contribution in [1.29, 1.82) is 0 Å². The van der Waals surface area contributed by atoms with Crippen LogP contribution in [0.1, 0.15) is 31.0 Å². The molecule has 0 aliphatic rings. The average Bonchev–Trinajstić information content (AvgIpc) is 3.39. The van der Waals surface area contributed by atoms with Crippen LogP contribution in [0.4, 0.5) is 0 Å². The Kier molecular flexibility index (Phi) is 11.4. The molecule has 39 heavy (non-hydrogen) atoms. The van der Waals surface area contributed by atoms with Crippen LogP contribution in [0.15, 0.2) is 36.8 Å². The second-order valence-corrected chi connectivity index (χ2v) is 8.87. The van der Waals surface area contributed by atoms with E-state index in [0.29, 0.717) is 11.3 Å². The van der Waals surface area contributed by atoms with Gasteiger partial charge in [0.25, 0.3) is 0 Å². The van der Waals surface area contributed by atoms with E-state index >= 15 is 0 Å². The normalized spacial score (nSPS) is 14.7. The third-order valence-electron chi connectivity index (χ3n) is 5.70. The minimum absolute atomic E-state index is 0.0339. The SMILES string of the molecule is CC(O)C(N)C(=O)NC(Cc1ccc(O)cc1)C(=O)NC(CCC(=O)O)C(=O)NC(Cc1cnc[nH]1)C(=O)O. The smallest absolute Gasteiger partial charge is 0.326 e. The lowest BCUT2D eigenvalue weighted by Gasteiger charge is -2.25. The van der Waals surface area contributed by atoms with E-state index in [1.807, 2.05) is 0 Å². The molecule has 0 bridgehead atoms. The molecule has 1 heterocycles. The number of phenolic OH excluding ortho intramolecular Hbond substituents is 1. The molecule has 5 unspecified atom stereocenters. The number of phenols is 1. The van der Waals surface area contributed by atoms with Gasteiger partial charge in [-0.05, 0) is 31.0 Å². The molecule has 15 heteroatoms. The summed E-state index contributed by atoms with van der Waals surface area (Å²) in [5.74, 6) is -5.36. The molecule has 0 aliphatic carbocycles. The predicted octanol–water partition coefficient (Wildman–Crippen LogP) is -1.99. The first-order valence-electron chi connectivity index (χ1n) is 11.9. The Balaban J connectivity index is 2.25. The molecule has 15 nitrogen and oxygen atoms in total. The number of benzene rings is 1. The summed E-state index contributed by atoms with van der Waals surface area (Å²) in [5, 5.41) is 44.9. The number of aliphatic hydroxyl groups is 1. The molecule has 0 saturated carbocycles. The molecule has 5 atom stereocenters. The van der Waals surface area contributed by atoms with Gasteiger partial charge in [-0.15, -0.1) is 0 Å². The molecule has 0 fully saturated rings. The fraction of sp³-hybridized carbons (Fsp3) is 0.417. The highest BCUT2D eigenvalue weighted by atomic mass is 16.4. The maximum Gasteiger partial charge on any atom is 0.326 e. The van der Waals surface area contributed by atoms with Crippen LogP contribution in [-0.2, 0) is 36.8 Å². The number of nitrogens with two attached hydrogens (primary N) is 1. The van der Waals surface area contributed by atoms with Gasteiger partial charge in [0.15, 0.2) is 0 Å². The Hall–Kier alpha value is -4.50. The number of aliphatic carboxylic acids is 2. The summed E-state index contributed by atoms with van der Waals surface area (Å²) in [6, 6.07) is 0.138. The first-order valence-corrected chi connectivity index (χ1v) is 11.9. The summed E-state index contributed by atoms with van der Waals surface area (Å²) in [7, 11) is 0. The van der Waals surface area contributed by atoms with Crippen LogP contribution in [0.2, 0.25) is 0 Å². The number of aromatic hydroxyl groups is 1. The van der Waals surface area contributed by atoms with Gasteiger partial charge in [-0.2, -0.15) is 0 Å². The van der Waals surface area contributed by atoms with Crippen molar-refractivity contribution >= 4 is 29.7 Å². The van der Waals surface area contributed by atoms with E-state index in [1.165, 1.54) is 43.7 Å². The van der Waals surface area contributed by atoms with Gasteiger partial charge in [-0.1, -0.05) is 12.1 Å². The number of hydrogen-bond acceptors (Lipinski definition) is 9. The topological polar surface area (TPSA) is 257 Å². The van der Waals surface area contributed by atoms with Gasteiger partial charge in [0.2, 0.25) is 17.7 Å². The summed E-state index contributed by atoms with van der Waals surface area (Å²) in [6.07, 6.45) is 0.291. The largest absolute Gasteiger partial charge is 0.508 e. The highest BCUT2D eigenvalue weighted by molar-refractivity contribution is 5.94. The number of carboxylic acid groups (broad SMARTS) is 2. The predicted molar refractivity (Wildman–Crippen MR) is 134 cm³/mol. The molecule has 10 N–H and O–H groups in total. The maximum atomic E-state index is 13.2. The number of H-pyrrole nitrogens is 1. The first-order chi connectivity index (χ1) is 18.4. The molecule has 0 spiro atoms. The van der Waals surface area contributed by atoms with Crippen molar-refractivity contribution in [3.8, 4) is 5.75 Å². The molecule has 1 aromatic carbocycles. The van der Waals surface area contributed by atoms with Gasteiger partial charge < -0.3 is 47.1 Å². The summed E-state index contributed by atoms with van der Waals surface area (Å²) in [6.45, 7) is 1.29. The van der Waals surface area contributed by atoms with E-state index in [0.717, 1.165) is 0 Å². The van der Waals surface area contributed by atoms with E-state index in [-0.39, 0.29) is 25.0 Å². The van der Waals surface area contributed by atoms with Crippen molar-refractivity contribution in [2.45, 2.75) is 62.9 Å². The van der Waals surface area contributed by atoms with Gasteiger partial charge >= 0.3 is 11.9 Å². The summed E-state index contributed by atoms with van der Waals surface area (Å²) in [5.41, 5.74) is 6.60. The number of aromatic nitrogens is 2. The van der Waals surface area contributed by atoms with Crippen molar-refractivity contribution in [3.63, 3.8) is 0 Å². The zero-order valence-electron chi connectivity index (χ0n) is 21.0. The molecule has 0 aliphatic heterocycles. The number of aromatic amines is 1. The van der Waals surface area contributed by atoms with Crippen molar-refractivity contribution in [2.75, 3.05) is 0 Å². The van der Waals surface area contributed by atoms with E-state index in [2.05, 4.69) is 25.9 Å². The maximum absolute atomic E-state index is 13.2. The minimum atomic E-state index is -1.47. The molecular formula is C24H32N6O9. The Labute approximate surface area is 222 Å². The number of amides is 3. The monoisotopic (exact) mass is 548 g/mol. The average molecular weight is 549 g/mol. The lowest BCUT2D eigenvalue weighted by Crippen LogP contribution is -2.58. The number of nitrogens with one attached hydrogen (secondary N) is 4. The summed E-state index contributed by atoms with van der Waals surface area (Å²) < 4.78 is 0. The number of hydrogen-bond donors (Lipinski definition) is 9. The van der Waals surface area contributed by atoms with Crippen LogP contribution in [-0.4, -0.2) is 90.3 Å². The molecule has 2 rings (SSSR count). The fourth-order valence-electron chi connectivity index (χ4n) is 3.46. The highest BCUT2D eigenvalue weighted by Gasteiger charge is 2.31. The van der Waals surface area contributed by atoms with Crippen molar-refractivity contribution in [1.82, 2.24) is 25.9 Å². The van der Waals surface area contributed by atoms with Crippen LogP contribution in [0.5, 0.6) is 5.75 Å². The van der Waals surface area contributed by atoms with Crippen LogP contribution in [0.3, 0.4) is 0 Å². The van der Waals surface area contributed by atoms with E-state index in [4.69, 9.17) is 10.8 Å². The summed E-state index contributed by atoms with van der Waals surface area (Å²) >= 11 is 0. The number of carbonyl (C=O) groups is 5. The van der Waals surface area contributed by atoms with Crippen molar-refractivity contribution < 1.29 is 44.4 Å². The number of carboxylic acids is 2. The first kappa shape index (κ1) is 30.7. The zero-order valence-corrected chi connectivity index (χ0v) is 21.0. The number of imidazole rings is 1. The Morgan fingerprint density at radius 3 is 2.05 bits per heavy atom. The van der Waals surface area contributed by atoms with E-state index in [9.17, 15) is 39.3 Å². The molecule has 1 aromatic heterocycles. The van der Waals surface area contributed by atoms with E-state index < -0.39 is 66.4 Å². The Morgan fingerprint density at radius 2 is 1.51 bits per heavy atom. The lowest BCUT2D eigenvalue weighted by atomic mass is 10.0. The molecule has 3 amide bonds. The fourth-order valence-corrected chi connectivity index (χ4v) is 3.46. The van der Waals surface area contributed by atoms with Crippen LogP contribution in [0.25, 0.3) is 0 Å². The highest BCUT2D eigenvalue weighted by Crippen LogP contribution is 2.12. The van der Waals surface area contributed by atoms with Gasteiger partial charge in [0.05, 0.1) is 12.4 Å².